The van der Waals surface area contributed by atoms with E-state index in [0.717, 1.165) is 16.3 Å². The van der Waals surface area contributed by atoms with E-state index in [-0.39, 0.29) is 0 Å². The molecule has 0 unspecified atom stereocenters. The molecule has 0 spiro atoms. The smallest absolute Gasteiger partial charge is 0.331 e. The van der Waals surface area contributed by atoms with Crippen molar-refractivity contribution in [2.45, 2.75) is 25.8 Å². The van der Waals surface area contributed by atoms with Crippen molar-refractivity contribution < 1.29 is 9.90 Å². The summed E-state index contributed by atoms with van der Waals surface area (Å²) in [4.78, 5) is 11.4. The Morgan fingerprint density at radius 1 is 1.18 bits per heavy atom. The molecular weight excluding hydrogens is 280 g/mol. The Morgan fingerprint density at radius 3 is 2.68 bits per heavy atom. The van der Waals surface area contributed by atoms with Crippen LogP contribution in [0.5, 0.6) is 0 Å². The lowest BCUT2D eigenvalue weighted by Gasteiger charge is -2.20. The number of hydrogen-bond acceptors (Lipinski definition) is 4. The van der Waals surface area contributed by atoms with Crippen molar-refractivity contribution in [1.82, 2.24) is 20.2 Å². The molecule has 22 heavy (non-hydrogen) atoms. The van der Waals surface area contributed by atoms with Crippen molar-refractivity contribution in [3.63, 3.8) is 0 Å². The molecule has 2 aromatic carbocycles. The standard InChI is InChI=1S/C16H16N4O2/c1-16(2,15(21)22)20-14(17-18-19-20)10-12-8-5-7-11-6-3-4-9-13(11)12/h3-9H,10H2,1-2H3,(H,21,22). The quantitative estimate of drug-likeness (QED) is 0.798. The highest BCUT2D eigenvalue weighted by atomic mass is 16.4. The minimum Gasteiger partial charge on any atom is -0.479 e. The average molecular weight is 296 g/mol. The van der Waals surface area contributed by atoms with Gasteiger partial charge < -0.3 is 5.11 Å². The van der Waals surface area contributed by atoms with Crippen LogP contribution >= 0.6 is 0 Å². The number of rotatable bonds is 4. The summed E-state index contributed by atoms with van der Waals surface area (Å²) in [5.74, 6) is -0.442. The predicted octanol–water partition coefficient (Wildman–Crippen LogP) is 2.24. The van der Waals surface area contributed by atoms with Crippen molar-refractivity contribution in [2.24, 2.45) is 0 Å². The van der Waals surface area contributed by atoms with Gasteiger partial charge in [-0.25, -0.2) is 9.48 Å². The molecule has 1 heterocycles. The molecular formula is C16H16N4O2. The zero-order valence-corrected chi connectivity index (χ0v) is 12.4. The molecule has 1 N–H and O–H groups in total. The van der Waals surface area contributed by atoms with Crippen LogP contribution in [-0.4, -0.2) is 31.3 Å². The number of carbonyl (C=O) groups is 1. The number of tetrazole rings is 1. The van der Waals surface area contributed by atoms with Gasteiger partial charge in [-0.05, 0) is 40.6 Å². The molecule has 0 aliphatic carbocycles. The molecule has 0 aliphatic heterocycles. The van der Waals surface area contributed by atoms with Crippen LogP contribution in [0.4, 0.5) is 0 Å². The van der Waals surface area contributed by atoms with E-state index in [2.05, 4.69) is 15.5 Å². The lowest BCUT2D eigenvalue weighted by molar-refractivity contribution is -0.146. The first-order valence-corrected chi connectivity index (χ1v) is 6.98. The Morgan fingerprint density at radius 2 is 1.91 bits per heavy atom. The molecule has 6 heteroatoms. The molecule has 0 amide bonds. The van der Waals surface area contributed by atoms with E-state index in [4.69, 9.17) is 0 Å². The zero-order chi connectivity index (χ0) is 15.7. The number of carboxylic acid groups (broad SMARTS) is 1. The van der Waals surface area contributed by atoms with Crippen molar-refractivity contribution in [2.75, 3.05) is 0 Å². The van der Waals surface area contributed by atoms with Crippen LogP contribution in [0.25, 0.3) is 10.8 Å². The summed E-state index contributed by atoms with van der Waals surface area (Å²) in [5, 5.41) is 23.1. The molecule has 0 aliphatic rings. The Kier molecular flexibility index (Phi) is 3.36. The first-order chi connectivity index (χ1) is 10.5. The Hall–Kier alpha value is -2.76. The fourth-order valence-corrected chi connectivity index (χ4v) is 2.46. The molecule has 112 valence electrons. The predicted molar refractivity (Wildman–Crippen MR) is 81.5 cm³/mol. The molecule has 0 saturated carbocycles. The monoisotopic (exact) mass is 296 g/mol. The molecule has 0 radical (unpaired) electrons. The summed E-state index contributed by atoms with van der Waals surface area (Å²) in [6.07, 6.45) is 0.477. The highest BCUT2D eigenvalue weighted by Gasteiger charge is 2.33. The largest absolute Gasteiger partial charge is 0.479 e. The second kappa shape index (κ2) is 5.22. The minimum absolute atomic E-state index is 0.477. The summed E-state index contributed by atoms with van der Waals surface area (Å²) >= 11 is 0. The van der Waals surface area contributed by atoms with E-state index in [1.165, 1.54) is 4.68 Å². The van der Waals surface area contributed by atoms with Gasteiger partial charge in [-0.3, -0.25) is 0 Å². The summed E-state index contributed by atoms with van der Waals surface area (Å²) in [7, 11) is 0. The van der Waals surface area contributed by atoms with E-state index < -0.39 is 11.5 Å². The number of carboxylic acids is 1. The number of fused-ring (bicyclic) bond motifs is 1. The summed E-state index contributed by atoms with van der Waals surface area (Å²) < 4.78 is 1.37. The van der Waals surface area contributed by atoms with Crippen molar-refractivity contribution in [3.05, 3.63) is 53.9 Å². The van der Waals surface area contributed by atoms with Crippen molar-refractivity contribution in [1.29, 1.82) is 0 Å². The first kappa shape index (κ1) is 14.2. The van der Waals surface area contributed by atoms with Gasteiger partial charge in [-0.2, -0.15) is 0 Å². The second-order valence-corrected chi connectivity index (χ2v) is 5.69. The van der Waals surface area contributed by atoms with Crippen molar-refractivity contribution >= 4 is 16.7 Å². The molecule has 0 bridgehead atoms. The third-order valence-electron chi connectivity index (χ3n) is 3.82. The number of hydrogen-bond donors (Lipinski definition) is 1. The van der Waals surface area contributed by atoms with Crippen LogP contribution in [-0.2, 0) is 16.8 Å². The third kappa shape index (κ3) is 2.32. The van der Waals surface area contributed by atoms with Crippen molar-refractivity contribution in [3.8, 4) is 0 Å². The van der Waals surface area contributed by atoms with Gasteiger partial charge in [0, 0.05) is 6.42 Å². The first-order valence-electron chi connectivity index (χ1n) is 6.98. The highest BCUT2D eigenvalue weighted by Crippen LogP contribution is 2.22. The van der Waals surface area contributed by atoms with E-state index in [1.54, 1.807) is 13.8 Å². The van der Waals surface area contributed by atoms with Crippen LogP contribution < -0.4 is 0 Å². The Labute approximate surface area is 127 Å². The molecule has 0 fully saturated rings. The van der Waals surface area contributed by atoms with Gasteiger partial charge in [-0.15, -0.1) is 5.10 Å². The Balaban J connectivity index is 2.04. The SMILES string of the molecule is CC(C)(C(=O)O)n1nnnc1Cc1cccc2ccccc12. The van der Waals surface area contributed by atoms with E-state index >= 15 is 0 Å². The summed E-state index contributed by atoms with van der Waals surface area (Å²) in [6, 6.07) is 14.1. The van der Waals surface area contributed by atoms with Crippen LogP contribution in [0, 0.1) is 0 Å². The lowest BCUT2D eigenvalue weighted by atomic mass is 10.0. The number of benzene rings is 2. The van der Waals surface area contributed by atoms with Gasteiger partial charge in [0.15, 0.2) is 11.4 Å². The van der Waals surface area contributed by atoms with E-state index in [9.17, 15) is 9.90 Å². The van der Waals surface area contributed by atoms with Gasteiger partial charge >= 0.3 is 5.97 Å². The lowest BCUT2D eigenvalue weighted by Crippen LogP contribution is -2.38. The van der Waals surface area contributed by atoms with Crippen LogP contribution in [0.1, 0.15) is 25.2 Å². The van der Waals surface area contributed by atoms with Gasteiger partial charge in [0.25, 0.3) is 0 Å². The number of aromatic nitrogens is 4. The van der Waals surface area contributed by atoms with Crippen LogP contribution in [0.3, 0.4) is 0 Å². The maximum atomic E-state index is 11.4. The molecule has 1 aromatic heterocycles. The second-order valence-electron chi connectivity index (χ2n) is 5.69. The fraction of sp³-hybridized carbons (Fsp3) is 0.250. The molecule has 6 nitrogen and oxygen atoms in total. The molecule has 0 atom stereocenters. The average Bonchev–Trinajstić information content (AvgIpc) is 2.96. The van der Waals surface area contributed by atoms with E-state index in [1.807, 2.05) is 42.5 Å². The Bertz CT molecular complexity index is 834. The summed E-state index contributed by atoms with van der Waals surface area (Å²) in [5.41, 5.74) is -0.126. The maximum Gasteiger partial charge on any atom is 0.331 e. The van der Waals surface area contributed by atoms with Crippen LogP contribution in [0.2, 0.25) is 0 Å². The summed E-state index contributed by atoms with van der Waals surface area (Å²) in [6.45, 7) is 3.16. The van der Waals surface area contributed by atoms with Gasteiger partial charge in [0.1, 0.15) is 0 Å². The van der Waals surface area contributed by atoms with Gasteiger partial charge in [-0.1, -0.05) is 42.5 Å². The molecule has 0 saturated heterocycles. The maximum absolute atomic E-state index is 11.4. The van der Waals surface area contributed by atoms with Crippen LogP contribution in [0.15, 0.2) is 42.5 Å². The van der Waals surface area contributed by atoms with Gasteiger partial charge in [0.05, 0.1) is 0 Å². The van der Waals surface area contributed by atoms with E-state index in [0.29, 0.717) is 12.2 Å². The number of aliphatic carboxylic acids is 1. The highest BCUT2D eigenvalue weighted by molar-refractivity contribution is 5.85. The zero-order valence-electron chi connectivity index (χ0n) is 12.4. The molecule has 3 rings (SSSR count). The fourth-order valence-electron chi connectivity index (χ4n) is 2.46. The molecule has 3 aromatic rings. The normalized spacial score (nSPS) is 11.7. The van der Waals surface area contributed by atoms with Gasteiger partial charge in [0.2, 0.25) is 0 Å². The topological polar surface area (TPSA) is 80.9 Å². The minimum atomic E-state index is -1.19. The third-order valence-corrected chi connectivity index (χ3v) is 3.82. The number of nitrogens with zero attached hydrogens (tertiary/aromatic N) is 4.